The third-order valence-electron chi connectivity index (χ3n) is 2.70. The molecule has 1 aromatic carbocycles. The smallest absolute Gasteiger partial charge is 0.125 e. The molecule has 2 nitrogen and oxygen atoms in total. The first kappa shape index (κ1) is 14.3. The topological polar surface area (TPSA) is 15.3 Å². The van der Waals surface area contributed by atoms with Gasteiger partial charge in [0.25, 0.3) is 0 Å². The van der Waals surface area contributed by atoms with Gasteiger partial charge in [0.15, 0.2) is 0 Å². The van der Waals surface area contributed by atoms with Crippen molar-refractivity contribution in [1.29, 1.82) is 0 Å². The molecule has 2 aromatic rings. The van der Waals surface area contributed by atoms with Crippen LogP contribution < -0.4 is 5.32 Å². The van der Waals surface area contributed by atoms with E-state index in [9.17, 15) is 4.39 Å². The van der Waals surface area contributed by atoms with Crippen LogP contribution in [0.15, 0.2) is 36.4 Å². The summed E-state index contributed by atoms with van der Waals surface area (Å²) in [6.45, 7) is 2.54. The monoisotopic (exact) mass is 298 g/mol. The van der Waals surface area contributed by atoms with E-state index in [0.29, 0.717) is 0 Å². The van der Waals surface area contributed by atoms with Crippen LogP contribution in [0, 0.1) is 5.82 Å². The van der Waals surface area contributed by atoms with Crippen LogP contribution in [0.1, 0.15) is 4.88 Å². The van der Waals surface area contributed by atoms with Crippen molar-refractivity contribution in [3.63, 3.8) is 0 Å². The fourth-order valence-electron chi connectivity index (χ4n) is 1.77. The average Bonchev–Trinajstić information content (AvgIpc) is 2.75. The van der Waals surface area contributed by atoms with Crippen molar-refractivity contribution >= 4 is 28.6 Å². The van der Waals surface area contributed by atoms with Gasteiger partial charge in [0.05, 0.1) is 4.34 Å². The van der Waals surface area contributed by atoms with Crippen LogP contribution >= 0.6 is 22.9 Å². The quantitative estimate of drug-likeness (QED) is 0.864. The van der Waals surface area contributed by atoms with Gasteiger partial charge in [-0.15, -0.1) is 11.3 Å². The Kier molecular flexibility index (Phi) is 5.19. The summed E-state index contributed by atoms with van der Waals surface area (Å²) in [5, 5.41) is 3.20. The Balaban J connectivity index is 1.73. The molecule has 0 radical (unpaired) electrons. The number of anilines is 1. The zero-order valence-electron chi connectivity index (χ0n) is 10.7. The summed E-state index contributed by atoms with van der Waals surface area (Å²) in [6, 6.07) is 10.5. The van der Waals surface area contributed by atoms with E-state index in [1.807, 2.05) is 18.2 Å². The molecule has 5 heteroatoms. The third kappa shape index (κ3) is 4.82. The van der Waals surface area contributed by atoms with Crippen LogP contribution in [0.2, 0.25) is 4.34 Å². The molecule has 2 rings (SSSR count). The van der Waals surface area contributed by atoms with Crippen LogP contribution in [0.25, 0.3) is 0 Å². The first-order valence-corrected chi connectivity index (χ1v) is 7.25. The highest BCUT2D eigenvalue weighted by Gasteiger charge is 2.03. The second-order valence-corrected chi connectivity index (χ2v) is 6.18. The summed E-state index contributed by atoms with van der Waals surface area (Å²) in [5.41, 5.74) is 0.813. The molecule has 0 atom stereocenters. The molecule has 0 unspecified atom stereocenters. The van der Waals surface area contributed by atoms with Crippen molar-refractivity contribution in [2.75, 3.05) is 25.5 Å². The van der Waals surface area contributed by atoms with Gasteiger partial charge in [0.1, 0.15) is 5.82 Å². The molecule has 0 aliphatic rings. The summed E-state index contributed by atoms with van der Waals surface area (Å²) < 4.78 is 13.8. The number of benzene rings is 1. The molecular weight excluding hydrogens is 283 g/mol. The van der Waals surface area contributed by atoms with E-state index in [2.05, 4.69) is 17.3 Å². The molecule has 1 aromatic heterocycles. The molecule has 0 amide bonds. The van der Waals surface area contributed by atoms with Gasteiger partial charge in [0.2, 0.25) is 0 Å². The van der Waals surface area contributed by atoms with Crippen LogP contribution in [0.4, 0.5) is 10.1 Å². The summed E-state index contributed by atoms with van der Waals surface area (Å²) in [7, 11) is 2.06. The lowest BCUT2D eigenvalue weighted by molar-refractivity contribution is 0.343. The van der Waals surface area contributed by atoms with Gasteiger partial charge < -0.3 is 5.32 Å². The molecule has 0 bridgehead atoms. The Hall–Kier alpha value is -1.10. The van der Waals surface area contributed by atoms with Crippen molar-refractivity contribution in [1.82, 2.24) is 4.90 Å². The van der Waals surface area contributed by atoms with E-state index in [4.69, 9.17) is 11.6 Å². The van der Waals surface area contributed by atoms with Crippen LogP contribution in [-0.2, 0) is 6.54 Å². The second-order valence-electron chi connectivity index (χ2n) is 4.38. The number of halogens is 2. The number of nitrogens with zero attached hydrogens (tertiary/aromatic N) is 1. The number of likely N-dealkylation sites (N-methyl/N-ethyl adjacent to an activating group) is 1. The molecule has 0 fully saturated rings. The van der Waals surface area contributed by atoms with E-state index in [0.717, 1.165) is 29.7 Å². The van der Waals surface area contributed by atoms with Gasteiger partial charge in [-0.05, 0) is 37.4 Å². The van der Waals surface area contributed by atoms with E-state index in [-0.39, 0.29) is 5.82 Å². The van der Waals surface area contributed by atoms with Gasteiger partial charge in [-0.25, -0.2) is 4.39 Å². The SMILES string of the molecule is CN(CCNc1cccc(F)c1)Cc1ccc(Cl)s1. The number of thiophene rings is 1. The molecule has 102 valence electrons. The van der Waals surface area contributed by atoms with Crippen molar-refractivity contribution in [2.45, 2.75) is 6.54 Å². The Morgan fingerprint density at radius 1 is 1.32 bits per heavy atom. The Labute approximate surface area is 121 Å². The highest BCUT2D eigenvalue weighted by atomic mass is 35.5. The van der Waals surface area contributed by atoms with Crippen LogP contribution in [0.3, 0.4) is 0 Å². The standard InChI is InChI=1S/C14H16ClFN2S/c1-18(10-13-5-6-14(15)19-13)8-7-17-12-4-2-3-11(16)9-12/h2-6,9,17H,7-8,10H2,1H3. The molecule has 1 heterocycles. The van der Waals surface area contributed by atoms with Gasteiger partial charge in [-0.3, -0.25) is 4.90 Å². The van der Waals surface area contributed by atoms with Gasteiger partial charge in [-0.1, -0.05) is 17.7 Å². The fourth-order valence-corrected chi connectivity index (χ4v) is 2.94. The first-order valence-electron chi connectivity index (χ1n) is 6.06. The van der Waals surface area contributed by atoms with Gasteiger partial charge in [-0.2, -0.15) is 0 Å². The van der Waals surface area contributed by atoms with E-state index >= 15 is 0 Å². The minimum atomic E-state index is -0.216. The Morgan fingerprint density at radius 3 is 2.84 bits per heavy atom. The van der Waals surface area contributed by atoms with Crippen LogP contribution in [0.5, 0.6) is 0 Å². The molecule has 0 saturated carbocycles. The highest BCUT2D eigenvalue weighted by molar-refractivity contribution is 7.16. The number of rotatable bonds is 6. The Morgan fingerprint density at radius 2 is 2.16 bits per heavy atom. The lowest BCUT2D eigenvalue weighted by Crippen LogP contribution is -2.24. The molecular formula is C14H16ClFN2S. The maximum Gasteiger partial charge on any atom is 0.125 e. The van der Waals surface area contributed by atoms with Crippen LogP contribution in [-0.4, -0.2) is 25.0 Å². The molecule has 0 spiro atoms. The lowest BCUT2D eigenvalue weighted by Gasteiger charge is -2.16. The summed E-state index contributed by atoms with van der Waals surface area (Å²) >= 11 is 7.50. The molecule has 0 aliphatic heterocycles. The predicted octanol–water partition coefficient (Wildman–Crippen LogP) is 4.08. The highest BCUT2D eigenvalue weighted by Crippen LogP contribution is 2.22. The largest absolute Gasteiger partial charge is 0.384 e. The van der Waals surface area contributed by atoms with Crippen molar-refractivity contribution < 1.29 is 4.39 Å². The van der Waals surface area contributed by atoms with E-state index in [1.165, 1.54) is 17.0 Å². The summed E-state index contributed by atoms with van der Waals surface area (Å²) in [4.78, 5) is 3.45. The minimum absolute atomic E-state index is 0.216. The third-order valence-corrected chi connectivity index (χ3v) is 3.92. The van der Waals surface area contributed by atoms with Crippen molar-refractivity contribution in [3.05, 3.63) is 51.4 Å². The van der Waals surface area contributed by atoms with Crippen molar-refractivity contribution in [2.24, 2.45) is 0 Å². The second kappa shape index (κ2) is 6.89. The molecule has 1 N–H and O–H groups in total. The zero-order chi connectivity index (χ0) is 13.7. The number of hydrogen-bond donors (Lipinski definition) is 1. The van der Waals surface area contributed by atoms with Gasteiger partial charge >= 0.3 is 0 Å². The van der Waals surface area contributed by atoms with Crippen molar-refractivity contribution in [3.8, 4) is 0 Å². The summed E-state index contributed by atoms with van der Waals surface area (Å²) in [5.74, 6) is -0.216. The fraction of sp³-hybridized carbons (Fsp3) is 0.286. The maximum atomic E-state index is 13.0. The lowest BCUT2D eigenvalue weighted by atomic mass is 10.3. The molecule has 0 aliphatic carbocycles. The van der Waals surface area contributed by atoms with E-state index < -0.39 is 0 Å². The number of hydrogen-bond acceptors (Lipinski definition) is 3. The zero-order valence-corrected chi connectivity index (χ0v) is 12.3. The maximum absolute atomic E-state index is 13.0. The first-order chi connectivity index (χ1) is 9.13. The number of nitrogens with one attached hydrogen (secondary N) is 1. The molecule has 0 saturated heterocycles. The Bertz CT molecular complexity index is 530. The van der Waals surface area contributed by atoms with E-state index in [1.54, 1.807) is 17.4 Å². The minimum Gasteiger partial charge on any atom is -0.384 e. The normalized spacial score (nSPS) is 10.9. The predicted molar refractivity (Wildman–Crippen MR) is 80.6 cm³/mol. The summed E-state index contributed by atoms with van der Waals surface area (Å²) in [6.07, 6.45) is 0. The molecule has 19 heavy (non-hydrogen) atoms. The average molecular weight is 299 g/mol. The van der Waals surface area contributed by atoms with Gasteiger partial charge in [0, 0.05) is 30.2 Å².